The van der Waals surface area contributed by atoms with Crippen LogP contribution < -0.4 is 10.6 Å². The van der Waals surface area contributed by atoms with Crippen LogP contribution in [-0.4, -0.2) is 36.2 Å². The van der Waals surface area contributed by atoms with Gasteiger partial charge in [0, 0.05) is 13.1 Å². The molecule has 0 radical (unpaired) electrons. The zero-order chi connectivity index (χ0) is 15.2. The van der Waals surface area contributed by atoms with Gasteiger partial charge in [0.2, 0.25) is 5.91 Å². The van der Waals surface area contributed by atoms with Crippen molar-refractivity contribution >= 4 is 5.91 Å². The van der Waals surface area contributed by atoms with Crippen LogP contribution in [-0.2, 0) is 4.79 Å². The number of aliphatic hydroxyl groups is 1. The molecule has 1 aliphatic heterocycles. The van der Waals surface area contributed by atoms with E-state index in [2.05, 4.69) is 17.6 Å². The van der Waals surface area contributed by atoms with Crippen molar-refractivity contribution < 1.29 is 9.90 Å². The van der Waals surface area contributed by atoms with E-state index in [0.717, 1.165) is 64.5 Å². The Balaban J connectivity index is 1.92. The molecule has 2 rings (SSSR count). The molecule has 0 spiro atoms. The molecule has 1 heterocycles. The quantitative estimate of drug-likeness (QED) is 0.683. The highest BCUT2D eigenvalue weighted by molar-refractivity contribution is 5.83. The lowest BCUT2D eigenvalue weighted by Gasteiger charge is -2.37. The monoisotopic (exact) mass is 296 g/mol. The van der Waals surface area contributed by atoms with E-state index in [4.69, 9.17) is 0 Å². The molecule has 3 N–H and O–H groups in total. The summed E-state index contributed by atoms with van der Waals surface area (Å²) >= 11 is 0. The molecule has 0 aromatic carbocycles. The Kier molecular flexibility index (Phi) is 6.06. The summed E-state index contributed by atoms with van der Waals surface area (Å²) in [6.07, 6.45) is 10.2. The van der Waals surface area contributed by atoms with Gasteiger partial charge in [-0.15, -0.1) is 0 Å². The molecule has 122 valence electrons. The second kappa shape index (κ2) is 7.59. The van der Waals surface area contributed by atoms with E-state index >= 15 is 0 Å². The number of piperidine rings is 1. The largest absolute Gasteiger partial charge is 0.388 e. The third-order valence-electron chi connectivity index (χ3n) is 5.29. The van der Waals surface area contributed by atoms with Gasteiger partial charge >= 0.3 is 0 Å². The Morgan fingerprint density at radius 2 is 1.86 bits per heavy atom. The van der Waals surface area contributed by atoms with E-state index in [-0.39, 0.29) is 11.3 Å². The van der Waals surface area contributed by atoms with Crippen molar-refractivity contribution in [2.45, 2.75) is 76.7 Å². The molecular formula is C17H32N2O2. The van der Waals surface area contributed by atoms with Crippen molar-refractivity contribution in [3.05, 3.63) is 0 Å². The zero-order valence-electron chi connectivity index (χ0n) is 13.5. The second-order valence-corrected chi connectivity index (χ2v) is 7.13. The minimum atomic E-state index is -0.679. The van der Waals surface area contributed by atoms with Crippen molar-refractivity contribution in [1.82, 2.24) is 10.6 Å². The third kappa shape index (κ3) is 4.43. The maximum Gasteiger partial charge on any atom is 0.227 e. The SMILES string of the molecule is CCCC1(C(=O)NCC2(O)CCCCCC2)CCCNC1. The van der Waals surface area contributed by atoms with Crippen LogP contribution in [0.5, 0.6) is 0 Å². The number of rotatable bonds is 5. The Morgan fingerprint density at radius 3 is 2.43 bits per heavy atom. The maximum atomic E-state index is 12.7. The molecule has 1 atom stereocenters. The molecule has 2 fully saturated rings. The molecule has 1 saturated heterocycles. The van der Waals surface area contributed by atoms with Crippen LogP contribution in [0.3, 0.4) is 0 Å². The summed E-state index contributed by atoms with van der Waals surface area (Å²) in [4.78, 5) is 12.7. The van der Waals surface area contributed by atoms with Gasteiger partial charge in [0.05, 0.1) is 11.0 Å². The number of amides is 1. The summed E-state index contributed by atoms with van der Waals surface area (Å²) in [6, 6.07) is 0. The Labute approximate surface area is 129 Å². The van der Waals surface area contributed by atoms with Gasteiger partial charge in [0.15, 0.2) is 0 Å². The van der Waals surface area contributed by atoms with Gasteiger partial charge in [-0.3, -0.25) is 4.79 Å². The van der Waals surface area contributed by atoms with E-state index in [1.807, 2.05) is 0 Å². The highest BCUT2D eigenvalue weighted by Crippen LogP contribution is 2.32. The van der Waals surface area contributed by atoms with Crippen molar-refractivity contribution in [2.24, 2.45) is 5.41 Å². The van der Waals surface area contributed by atoms with Crippen LogP contribution in [0.2, 0.25) is 0 Å². The van der Waals surface area contributed by atoms with Crippen molar-refractivity contribution in [2.75, 3.05) is 19.6 Å². The van der Waals surface area contributed by atoms with Crippen molar-refractivity contribution in [3.63, 3.8) is 0 Å². The summed E-state index contributed by atoms with van der Waals surface area (Å²) in [5, 5.41) is 17.1. The lowest BCUT2D eigenvalue weighted by molar-refractivity contribution is -0.134. The lowest BCUT2D eigenvalue weighted by atomic mass is 9.76. The van der Waals surface area contributed by atoms with Crippen LogP contribution in [0.15, 0.2) is 0 Å². The normalized spacial score (nSPS) is 29.6. The smallest absolute Gasteiger partial charge is 0.227 e. The number of nitrogens with one attached hydrogen (secondary N) is 2. The number of carbonyl (C=O) groups excluding carboxylic acids is 1. The van der Waals surface area contributed by atoms with Gasteiger partial charge in [-0.1, -0.05) is 39.0 Å². The van der Waals surface area contributed by atoms with Crippen LogP contribution in [0.1, 0.15) is 71.1 Å². The first kappa shape index (κ1) is 16.8. The predicted octanol–water partition coefficient (Wildman–Crippen LogP) is 2.36. The fraction of sp³-hybridized carbons (Fsp3) is 0.941. The Morgan fingerprint density at radius 1 is 1.14 bits per heavy atom. The van der Waals surface area contributed by atoms with Crippen molar-refractivity contribution in [3.8, 4) is 0 Å². The molecule has 21 heavy (non-hydrogen) atoms. The first-order valence-corrected chi connectivity index (χ1v) is 8.82. The van der Waals surface area contributed by atoms with Crippen LogP contribution >= 0.6 is 0 Å². The van der Waals surface area contributed by atoms with E-state index in [9.17, 15) is 9.90 Å². The molecule has 1 unspecified atom stereocenters. The van der Waals surface area contributed by atoms with E-state index in [1.165, 1.54) is 12.8 Å². The Hall–Kier alpha value is -0.610. The van der Waals surface area contributed by atoms with Gasteiger partial charge in [0.25, 0.3) is 0 Å². The topological polar surface area (TPSA) is 61.4 Å². The van der Waals surface area contributed by atoms with Crippen LogP contribution in [0.25, 0.3) is 0 Å². The lowest BCUT2D eigenvalue weighted by Crippen LogP contribution is -2.53. The summed E-state index contributed by atoms with van der Waals surface area (Å²) in [7, 11) is 0. The third-order valence-corrected chi connectivity index (χ3v) is 5.29. The first-order chi connectivity index (χ1) is 10.1. The highest BCUT2D eigenvalue weighted by Gasteiger charge is 2.39. The standard InChI is InChI=1S/C17H32N2O2/c1-2-8-16(9-7-12-18-13-16)15(20)19-14-17(21)10-5-3-4-6-11-17/h18,21H,2-14H2,1H3,(H,19,20). The molecule has 4 heteroatoms. The molecule has 0 bridgehead atoms. The van der Waals surface area contributed by atoms with Gasteiger partial charge in [-0.05, 0) is 38.6 Å². The molecule has 0 aromatic rings. The van der Waals surface area contributed by atoms with Crippen LogP contribution in [0.4, 0.5) is 0 Å². The second-order valence-electron chi connectivity index (χ2n) is 7.13. The van der Waals surface area contributed by atoms with E-state index in [1.54, 1.807) is 0 Å². The van der Waals surface area contributed by atoms with Crippen molar-refractivity contribution in [1.29, 1.82) is 0 Å². The molecule has 1 amide bonds. The minimum absolute atomic E-state index is 0.147. The van der Waals surface area contributed by atoms with Gasteiger partial charge < -0.3 is 15.7 Å². The summed E-state index contributed by atoms with van der Waals surface area (Å²) in [6.45, 7) is 4.37. The fourth-order valence-electron chi connectivity index (χ4n) is 3.96. The average molecular weight is 296 g/mol. The molecule has 0 aromatic heterocycles. The van der Waals surface area contributed by atoms with Gasteiger partial charge in [0.1, 0.15) is 0 Å². The molecule has 4 nitrogen and oxygen atoms in total. The molecule has 1 saturated carbocycles. The maximum absolute atomic E-state index is 12.7. The number of hydrogen-bond donors (Lipinski definition) is 3. The summed E-state index contributed by atoms with van der Waals surface area (Å²) in [5.74, 6) is 0.147. The van der Waals surface area contributed by atoms with E-state index in [0.29, 0.717) is 6.54 Å². The molecule has 2 aliphatic rings. The minimum Gasteiger partial charge on any atom is -0.388 e. The van der Waals surface area contributed by atoms with Gasteiger partial charge in [-0.25, -0.2) is 0 Å². The summed E-state index contributed by atoms with van der Waals surface area (Å²) < 4.78 is 0. The van der Waals surface area contributed by atoms with Crippen LogP contribution in [0, 0.1) is 5.41 Å². The zero-order valence-corrected chi connectivity index (χ0v) is 13.5. The summed E-state index contributed by atoms with van der Waals surface area (Å²) in [5.41, 5.74) is -0.935. The average Bonchev–Trinajstić information content (AvgIpc) is 2.71. The van der Waals surface area contributed by atoms with E-state index < -0.39 is 5.60 Å². The highest BCUT2D eigenvalue weighted by atomic mass is 16.3. The first-order valence-electron chi connectivity index (χ1n) is 8.82. The van der Waals surface area contributed by atoms with Gasteiger partial charge in [-0.2, -0.15) is 0 Å². The number of hydrogen-bond acceptors (Lipinski definition) is 3. The fourth-order valence-corrected chi connectivity index (χ4v) is 3.96. The predicted molar refractivity (Wildman–Crippen MR) is 85.1 cm³/mol. The Bertz CT molecular complexity index is 324. The number of carbonyl (C=O) groups is 1. The molecule has 1 aliphatic carbocycles. The molecular weight excluding hydrogens is 264 g/mol.